The molecule has 3 nitrogen and oxygen atoms in total. The molecule has 3 atom stereocenters. The van der Waals surface area contributed by atoms with Crippen LogP contribution in [0, 0.1) is 0 Å². The van der Waals surface area contributed by atoms with Gasteiger partial charge in [-0.1, -0.05) is 50.1 Å². The third-order valence-electron chi connectivity index (χ3n) is 5.47. The van der Waals surface area contributed by atoms with Gasteiger partial charge in [-0.3, -0.25) is 9.69 Å². The van der Waals surface area contributed by atoms with E-state index in [4.69, 9.17) is 0 Å². The lowest BCUT2D eigenvalue weighted by Crippen LogP contribution is -2.56. The van der Waals surface area contributed by atoms with Gasteiger partial charge < -0.3 is 5.32 Å². The molecular formula is C21H30N2O. The first-order valence-corrected chi connectivity index (χ1v) is 9.55. The number of carbonyl (C=O) groups excluding carboxylic acids is 1. The molecule has 0 aromatic heterocycles. The van der Waals surface area contributed by atoms with Crippen LogP contribution in [-0.4, -0.2) is 35.5 Å². The van der Waals surface area contributed by atoms with E-state index in [2.05, 4.69) is 17.1 Å². The summed E-state index contributed by atoms with van der Waals surface area (Å²) >= 11 is 0. The summed E-state index contributed by atoms with van der Waals surface area (Å²) in [4.78, 5) is 15.0. The number of fused-ring (bicyclic) bond motifs is 2. The molecule has 3 rings (SSSR count). The molecule has 2 heterocycles. The molecule has 130 valence electrons. The van der Waals surface area contributed by atoms with Gasteiger partial charge in [0.1, 0.15) is 0 Å². The van der Waals surface area contributed by atoms with Crippen molar-refractivity contribution in [2.45, 2.75) is 70.0 Å². The summed E-state index contributed by atoms with van der Waals surface area (Å²) in [5.41, 5.74) is 1.07. The van der Waals surface area contributed by atoms with Crippen LogP contribution < -0.4 is 5.32 Å². The van der Waals surface area contributed by atoms with Gasteiger partial charge in [0, 0.05) is 24.2 Å². The molecule has 1 unspecified atom stereocenters. The molecule has 24 heavy (non-hydrogen) atoms. The average molecular weight is 326 g/mol. The van der Waals surface area contributed by atoms with Gasteiger partial charge in [-0.2, -0.15) is 0 Å². The van der Waals surface area contributed by atoms with Crippen LogP contribution in [0.25, 0.3) is 6.08 Å². The van der Waals surface area contributed by atoms with E-state index >= 15 is 0 Å². The van der Waals surface area contributed by atoms with Crippen LogP contribution in [-0.2, 0) is 4.79 Å². The number of nitrogens with zero attached hydrogens (tertiary/aromatic N) is 1. The van der Waals surface area contributed by atoms with Crippen molar-refractivity contribution in [2.24, 2.45) is 0 Å². The van der Waals surface area contributed by atoms with Crippen LogP contribution >= 0.6 is 0 Å². The zero-order valence-corrected chi connectivity index (χ0v) is 14.8. The lowest BCUT2D eigenvalue weighted by Gasteiger charge is -2.49. The highest BCUT2D eigenvalue weighted by Crippen LogP contribution is 2.34. The Kier molecular flexibility index (Phi) is 6.08. The monoisotopic (exact) mass is 326 g/mol. The van der Waals surface area contributed by atoms with Crippen LogP contribution in [0.3, 0.4) is 0 Å². The van der Waals surface area contributed by atoms with Gasteiger partial charge in [0.05, 0.1) is 0 Å². The molecule has 0 aliphatic carbocycles. The standard InChI is InChI=1S/C21H30N2O/c1-2-3-14-23-19-10-7-11-20(23)16-18(15-19)22-21(24)13-12-17-8-5-4-6-9-17/h4-6,8-9,12-13,18-20H,2-3,7,10-11,14-16H2,1H3,(H,22,24)/b13-12+/t18?,19-,20+. The Balaban J connectivity index is 1.53. The zero-order chi connectivity index (χ0) is 16.8. The van der Waals surface area contributed by atoms with E-state index < -0.39 is 0 Å². The number of amides is 1. The predicted octanol–water partition coefficient (Wildman–Crippen LogP) is 4.00. The number of carbonyl (C=O) groups is 1. The number of benzene rings is 1. The summed E-state index contributed by atoms with van der Waals surface area (Å²) in [7, 11) is 0. The van der Waals surface area contributed by atoms with Crippen LogP contribution in [0.5, 0.6) is 0 Å². The molecule has 0 spiro atoms. The molecule has 1 aromatic rings. The lowest BCUT2D eigenvalue weighted by molar-refractivity contribution is -0.118. The topological polar surface area (TPSA) is 32.3 Å². The molecule has 2 aliphatic heterocycles. The first-order valence-electron chi connectivity index (χ1n) is 9.55. The number of hydrogen-bond acceptors (Lipinski definition) is 2. The fourth-order valence-electron chi connectivity index (χ4n) is 4.29. The highest BCUT2D eigenvalue weighted by Gasteiger charge is 2.37. The molecule has 0 saturated carbocycles. The summed E-state index contributed by atoms with van der Waals surface area (Å²) in [6.07, 6.45) is 12.3. The second kappa shape index (κ2) is 8.48. The Morgan fingerprint density at radius 3 is 2.58 bits per heavy atom. The number of rotatable bonds is 6. The van der Waals surface area contributed by atoms with Crippen LogP contribution in [0.1, 0.15) is 57.4 Å². The van der Waals surface area contributed by atoms with Crippen molar-refractivity contribution < 1.29 is 4.79 Å². The summed E-state index contributed by atoms with van der Waals surface area (Å²) in [5.74, 6) is 0.0453. The maximum absolute atomic E-state index is 12.2. The Morgan fingerprint density at radius 2 is 1.92 bits per heavy atom. The van der Waals surface area contributed by atoms with E-state index in [0.717, 1.165) is 18.4 Å². The van der Waals surface area contributed by atoms with Crippen LogP contribution in [0.15, 0.2) is 36.4 Å². The minimum Gasteiger partial charge on any atom is -0.350 e. The first-order chi connectivity index (χ1) is 11.8. The fourth-order valence-corrected chi connectivity index (χ4v) is 4.29. The SMILES string of the molecule is CCCCN1[C@@H]2CCC[C@H]1CC(NC(=O)/C=C/c1ccccc1)C2. The third-order valence-corrected chi connectivity index (χ3v) is 5.47. The van der Waals surface area contributed by atoms with Crippen molar-refractivity contribution in [3.63, 3.8) is 0 Å². The largest absolute Gasteiger partial charge is 0.350 e. The minimum atomic E-state index is 0.0453. The van der Waals surface area contributed by atoms with Crippen molar-refractivity contribution in [3.8, 4) is 0 Å². The van der Waals surface area contributed by atoms with Gasteiger partial charge in [0.25, 0.3) is 0 Å². The van der Waals surface area contributed by atoms with E-state index in [0.29, 0.717) is 18.1 Å². The Labute approximate surface area is 146 Å². The number of hydrogen-bond donors (Lipinski definition) is 1. The second-order valence-electron chi connectivity index (χ2n) is 7.25. The van der Waals surface area contributed by atoms with Gasteiger partial charge in [0.15, 0.2) is 0 Å². The number of unbranched alkanes of at least 4 members (excludes halogenated alkanes) is 1. The molecule has 1 amide bonds. The first kappa shape index (κ1) is 17.2. The van der Waals surface area contributed by atoms with Crippen LogP contribution in [0.4, 0.5) is 0 Å². The summed E-state index contributed by atoms with van der Waals surface area (Å²) in [6.45, 7) is 3.50. The lowest BCUT2D eigenvalue weighted by atomic mass is 9.81. The van der Waals surface area contributed by atoms with Crippen molar-refractivity contribution in [1.29, 1.82) is 0 Å². The van der Waals surface area contributed by atoms with E-state index in [1.165, 1.54) is 38.6 Å². The van der Waals surface area contributed by atoms with E-state index in [9.17, 15) is 4.79 Å². The second-order valence-corrected chi connectivity index (χ2v) is 7.25. The minimum absolute atomic E-state index is 0.0453. The number of nitrogens with one attached hydrogen (secondary N) is 1. The van der Waals surface area contributed by atoms with E-state index in [-0.39, 0.29) is 5.91 Å². The predicted molar refractivity (Wildman–Crippen MR) is 99.7 cm³/mol. The summed E-state index contributed by atoms with van der Waals surface area (Å²) in [6, 6.07) is 11.7. The zero-order valence-electron chi connectivity index (χ0n) is 14.8. The van der Waals surface area contributed by atoms with Crippen molar-refractivity contribution >= 4 is 12.0 Å². The number of piperidine rings is 2. The van der Waals surface area contributed by atoms with Crippen molar-refractivity contribution in [3.05, 3.63) is 42.0 Å². The highest BCUT2D eigenvalue weighted by atomic mass is 16.1. The molecule has 3 heteroatoms. The highest BCUT2D eigenvalue weighted by molar-refractivity contribution is 5.91. The Morgan fingerprint density at radius 1 is 1.21 bits per heavy atom. The molecule has 1 N–H and O–H groups in total. The molecular weight excluding hydrogens is 296 g/mol. The normalized spacial score (nSPS) is 27.3. The van der Waals surface area contributed by atoms with Crippen molar-refractivity contribution in [1.82, 2.24) is 10.2 Å². The van der Waals surface area contributed by atoms with Gasteiger partial charge in [0.2, 0.25) is 5.91 Å². The molecule has 2 fully saturated rings. The Hall–Kier alpha value is -1.61. The van der Waals surface area contributed by atoms with Crippen LogP contribution in [0.2, 0.25) is 0 Å². The Bertz CT molecular complexity index is 540. The van der Waals surface area contributed by atoms with E-state index in [1.807, 2.05) is 36.4 Å². The quantitative estimate of drug-likeness (QED) is 0.801. The molecule has 0 radical (unpaired) electrons. The average Bonchev–Trinajstić information content (AvgIpc) is 2.59. The van der Waals surface area contributed by atoms with Gasteiger partial charge >= 0.3 is 0 Å². The smallest absolute Gasteiger partial charge is 0.244 e. The van der Waals surface area contributed by atoms with Gasteiger partial charge in [-0.05, 0) is 50.3 Å². The summed E-state index contributed by atoms with van der Waals surface area (Å²) < 4.78 is 0. The molecule has 1 aromatic carbocycles. The maximum Gasteiger partial charge on any atom is 0.244 e. The molecule has 2 saturated heterocycles. The van der Waals surface area contributed by atoms with E-state index in [1.54, 1.807) is 6.08 Å². The third kappa shape index (κ3) is 4.47. The van der Waals surface area contributed by atoms with Gasteiger partial charge in [-0.25, -0.2) is 0 Å². The summed E-state index contributed by atoms with van der Waals surface area (Å²) in [5, 5.41) is 3.24. The molecule has 2 bridgehead atoms. The maximum atomic E-state index is 12.2. The van der Waals surface area contributed by atoms with Gasteiger partial charge in [-0.15, -0.1) is 0 Å². The molecule has 2 aliphatic rings. The fraction of sp³-hybridized carbons (Fsp3) is 0.571. The van der Waals surface area contributed by atoms with Crippen molar-refractivity contribution in [2.75, 3.05) is 6.54 Å².